The van der Waals surface area contributed by atoms with Crippen molar-refractivity contribution < 1.29 is 29.1 Å². The molecule has 200 valence electrons. The molecule has 3 aromatic rings. The number of carboxylic acid groups (broad SMARTS) is 1. The van der Waals surface area contributed by atoms with Crippen LogP contribution in [-0.2, 0) is 36.8 Å². The van der Waals surface area contributed by atoms with Gasteiger partial charge in [0.2, 0.25) is 23.6 Å². The monoisotopic (exact) mass is 522 g/mol. The first kappa shape index (κ1) is 27.9. The summed E-state index contributed by atoms with van der Waals surface area (Å²) >= 11 is 0. The summed E-state index contributed by atoms with van der Waals surface area (Å²) in [6.45, 7) is -1.39. The number of aromatic amines is 1. The number of nitrogens with one attached hydrogen (secondary N) is 5. The second-order valence-electron chi connectivity index (χ2n) is 8.53. The zero-order chi connectivity index (χ0) is 27.5. The molecule has 12 nitrogen and oxygen atoms in total. The number of hydrogen-bond acceptors (Lipinski definition) is 6. The summed E-state index contributed by atoms with van der Waals surface area (Å²) in [5.74, 6) is -3.72. The van der Waals surface area contributed by atoms with Crippen LogP contribution in [0.2, 0.25) is 0 Å². The number of amides is 4. The molecule has 0 aliphatic heterocycles. The highest BCUT2D eigenvalue weighted by molar-refractivity contribution is 5.94. The van der Waals surface area contributed by atoms with Crippen molar-refractivity contribution in [2.75, 3.05) is 19.6 Å². The Labute approximate surface area is 218 Å². The number of H-pyrrole nitrogens is 1. The van der Waals surface area contributed by atoms with Crippen LogP contribution in [0.1, 0.15) is 11.1 Å². The van der Waals surface area contributed by atoms with Gasteiger partial charge in [-0.15, -0.1) is 0 Å². The fourth-order valence-corrected chi connectivity index (χ4v) is 3.86. The molecule has 2 aromatic carbocycles. The Hall–Kier alpha value is -4.71. The van der Waals surface area contributed by atoms with Crippen molar-refractivity contribution in [1.29, 1.82) is 0 Å². The van der Waals surface area contributed by atoms with Crippen molar-refractivity contribution in [3.05, 3.63) is 71.9 Å². The Morgan fingerprint density at radius 1 is 0.789 bits per heavy atom. The maximum atomic E-state index is 12.8. The number of fused-ring (bicyclic) bond motifs is 1. The van der Waals surface area contributed by atoms with E-state index in [-0.39, 0.29) is 19.4 Å². The van der Waals surface area contributed by atoms with Gasteiger partial charge in [0, 0.05) is 29.9 Å². The molecule has 3 rings (SSSR count). The largest absolute Gasteiger partial charge is 0.480 e. The lowest BCUT2D eigenvalue weighted by molar-refractivity contribution is -0.138. The van der Waals surface area contributed by atoms with Crippen LogP contribution in [0.5, 0.6) is 0 Å². The molecular formula is C26H30N6O6. The van der Waals surface area contributed by atoms with Crippen LogP contribution >= 0.6 is 0 Å². The van der Waals surface area contributed by atoms with E-state index in [0.29, 0.717) is 0 Å². The lowest BCUT2D eigenvalue weighted by Gasteiger charge is -2.20. The highest BCUT2D eigenvalue weighted by Crippen LogP contribution is 2.19. The highest BCUT2D eigenvalue weighted by Gasteiger charge is 2.25. The van der Waals surface area contributed by atoms with E-state index in [1.807, 2.05) is 30.3 Å². The van der Waals surface area contributed by atoms with Crippen LogP contribution in [-0.4, -0.2) is 71.4 Å². The first-order valence-electron chi connectivity index (χ1n) is 11.9. The van der Waals surface area contributed by atoms with E-state index in [9.17, 15) is 24.0 Å². The van der Waals surface area contributed by atoms with Gasteiger partial charge < -0.3 is 37.1 Å². The second kappa shape index (κ2) is 13.6. The van der Waals surface area contributed by atoms with E-state index in [1.54, 1.807) is 30.5 Å². The number of hydrogen-bond donors (Lipinski definition) is 7. The van der Waals surface area contributed by atoms with E-state index in [1.165, 1.54) is 0 Å². The maximum Gasteiger partial charge on any atom is 0.322 e. The van der Waals surface area contributed by atoms with Crippen molar-refractivity contribution in [1.82, 2.24) is 26.3 Å². The molecule has 0 saturated carbocycles. The molecule has 1 aromatic heterocycles. The number of aromatic nitrogens is 1. The zero-order valence-electron chi connectivity index (χ0n) is 20.5. The fourth-order valence-electron chi connectivity index (χ4n) is 3.86. The molecule has 38 heavy (non-hydrogen) atoms. The highest BCUT2D eigenvalue weighted by atomic mass is 16.4. The van der Waals surface area contributed by atoms with Gasteiger partial charge in [-0.25, -0.2) is 0 Å². The quantitative estimate of drug-likeness (QED) is 0.152. The molecule has 0 unspecified atom stereocenters. The third kappa shape index (κ3) is 8.17. The third-order valence-electron chi connectivity index (χ3n) is 5.71. The van der Waals surface area contributed by atoms with Crippen LogP contribution < -0.4 is 27.0 Å². The summed E-state index contributed by atoms with van der Waals surface area (Å²) < 4.78 is 0. The molecular weight excluding hydrogens is 492 g/mol. The number of rotatable bonds is 13. The molecule has 0 bridgehead atoms. The van der Waals surface area contributed by atoms with Crippen molar-refractivity contribution >= 4 is 40.5 Å². The minimum atomic E-state index is -1.23. The van der Waals surface area contributed by atoms with Gasteiger partial charge in [0.25, 0.3) is 0 Å². The van der Waals surface area contributed by atoms with Crippen molar-refractivity contribution in [3.63, 3.8) is 0 Å². The van der Waals surface area contributed by atoms with Crippen LogP contribution in [0.3, 0.4) is 0 Å². The lowest BCUT2D eigenvalue weighted by atomic mass is 10.0. The Balaban J connectivity index is 1.66. The van der Waals surface area contributed by atoms with Crippen LogP contribution in [0, 0.1) is 0 Å². The predicted octanol–water partition coefficient (Wildman–Crippen LogP) is -0.802. The third-order valence-corrected chi connectivity index (χ3v) is 5.71. The van der Waals surface area contributed by atoms with Gasteiger partial charge in [-0.2, -0.15) is 0 Å². The normalized spacial score (nSPS) is 12.2. The summed E-state index contributed by atoms with van der Waals surface area (Å²) in [5, 5.41) is 19.6. The predicted molar refractivity (Wildman–Crippen MR) is 139 cm³/mol. The molecule has 0 fully saturated rings. The van der Waals surface area contributed by atoms with Crippen molar-refractivity contribution in [2.45, 2.75) is 24.9 Å². The van der Waals surface area contributed by atoms with Crippen molar-refractivity contribution in [3.8, 4) is 0 Å². The summed E-state index contributed by atoms with van der Waals surface area (Å²) in [4.78, 5) is 64.1. The maximum absolute atomic E-state index is 12.8. The Morgan fingerprint density at radius 3 is 2.08 bits per heavy atom. The molecule has 4 amide bonds. The number of para-hydroxylation sites is 1. The van der Waals surface area contributed by atoms with Gasteiger partial charge in [0.15, 0.2) is 0 Å². The summed E-state index contributed by atoms with van der Waals surface area (Å²) in [7, 11) is 0. The molecule has 0 aliphatic carbocycles. The Bertz CT molecular complexity index is 1290. The molecule has 0 radical (unpaired) electrons. The molecule has 0 saturated heterocycles. The summed E-state index contributed by atoms with van der Waals surface area (Å²) in [6.07, 6.45) is 1.98. The van der Waals surface area contributed by atoms with Crippen molar-refractivity contribution in [2.24, 2.45) is 5.73 Å². The SMILES string of the molecule is NCC(=O)N[C@@H](Cc1ccccc1)C(=O)NCC(=O)N[C@@H](Cc1c[nH]c2ccccc12)C(=O)NCC(=O)O. The van der Waals surface area contributed by atoms with E-state index in [0.717, 1.165) is 22.0 Å². The van der Waals surface area contributed by atoms with Gasteiger partial charge in [-0.1, -0.05) is 48.5 Å². The van der Waals surface area contributed by atoms with E-state index >= 15 is 0 Å². The number of carbonyl (C=O) groups is 5. The first-order chi connectivity index (χ1) is 18.3. The standard InChI is InChI=1S/C26H30N6O6/c27-12-22(33)31-20(10-16-6-2-1-3-7-16)25(37)29-14-23(34)32-21(26(38)30-15-24(35)36)11-17-13-28-19-9-5-4-8-18(17)19/h1-9,13,20-21,28H,10-12,14-15,27H2,(H,29,37)(H,30,38)(H,31,33)(H,32,34)(H,35,36)/t20-,21-/m0/s1. The Morgan fingerprint density at radius 2 is 1.39 bits per heavy atom. The van der Waals surface area contributed by atoms with E-state index in [2.05, 4.69) is 26.3 Å². The summed E-state index contributed by atoms with van der Waals surface area (Å²) in [5.41, 5.74) is 7.75. The average Bonchev–Trinajstić information content (AvgIpc) is 3.32. The Kier molecular flexibility index (Phi) is 9.94. The van der Waals surface area contributed by atoms with Crippen LogP contribution in [0.25, 0.3) is 10.9 Å². The minimum absolute atomic E-state index is 0.0817. The first-order valence-corrected chi connectivity index (χ1v) is 11.9. The molecule has 0 aliphatic rings. The van der Waals surface area contributed by atoms with Crippen LogP contribution in [0.15, 0.2) is 60.8 Å². The van der Waals surface area contributed by atoms with Gasteiger partial charge in [0.1, 0.15) is 18.6 Å². The molecule has 0 spiro atoms. The fraction of sp³-hybridized carbons (Fsp3) is 0.269. The lowest BCUT2D eigenvalue weighted by Crippen LogP contribution is -2.54. The number of benzene rings is 2. The van der Waals surface area contributed by atoms with Crippen LogP contribution in [0.4, 0.5) is 0 Å². The molecule has 2 atom stereocenters. The van der Waals surface area contributed by atoms with Gasteiger partial charge >= 0.3 is 5.97 Å². The zero-order valence-corrected chi connectivity index (χ0v) is 20.5. The van der Waals surface area contributed by atoms with E-state index in [4.69, 9.17) is 10.8 Å². The summed E-state index contributed by atoms with van der Waals surface area (Å²) in [6, 6.07) is 14.3. The van der Waals surface area contributed by atoms with Gasteiger partial charge in [-0.3, -0.25) is 24.0 Å². The number of carbonyl (C=O) groups excluding carboxylic acids is 4. The van der Waals surface area contributed by atoms with Gasteiger partial charge in [0.05, 0.1) is 13.1 Å². The molecule has 1 heterocycles. The molecule has 8 N–H and O–H groups in total. The smallest absolute Gasteiger partial charge is 0.322 e. The number of carboxylic acids is 1. The van der Waals surface area contributed by atoms with Gasteiger partial charge in [-0.05, 0) is 17.2 Å². The topological polar surface area (TPSA) is 196 Å². The second-order valence-corrected chi connectivity index (χ2v) is 8.53. The average molecular weight is 523 g/mol. The minimum Gasteiger partial charge on any atom is -0.480 e. The number of aliphatic carboxylic acids is 1. The number of nitrogens with two attached hydrogens (primary N) is 1. The molecule has 12 heteroatoms. The van der Waals surface area contributed by atoms with E-state index < -0.39 is 54.8 Å².